The molecule has 0 saturated carbocycles. The Bertz CT molecular complexity index is 2320. The molecule has 306 valence electrons. The minimum atomic E-state index is -3.85. The number of alkyl halides is 2. The number of rotatable bonds is 11. The molecule has 0 spiro atoms. The van der Waals surface area contributed by atoms with Gasteiger partial charge in [0.25, 0.3) is 0 Å². The molecule has 2 N–H and O–H groups in total. The van der Waals surface area contributed by atoms with Gasteiger partial charge in [0.15, 0.2) is 11.6 Å². The van der Waals surface area contributed by atoms with E-state index in [0.29, 0.717) is 42.4 Å². The first-order chi connectivity index (χ1) is 28.0. The number of likely N-dealkylation sites (tertiary alicyclic amines) is 1. The predicted octanol–water partition coefficient (Wildman–Crippen LogP) is 4.40. The van der Waals surface area contributed by atoms with E-state index in [4.69, 9.17) is 0 Å². The number of piperidine rings is 2. The average Bonchev–Trinajstić information content (AvgIpc) is 3.82. The molecule has 4 fully saturated rings. The van der Waals surface area contributed by atoms with Gasteiger partial charge in [-0.2, -0.15) is 23.4 Å². The van der Waals surface area contributed by atoms with Gasteiger partial charge in [0.1, 0.15) is 6.07 Å². The van der Waals surface area contributed by atoms with E-state index >= 15 is 0 Å². The number of hydrogen-bond donors (Lipinski definition) is 2. The lowest BCUT2D eigenvalue weighted by molar-refractivity contribution is -0.120. The number of sulfonamides is 1. The summed E-state index contributed by atoms with van der Waals surface area (Å²) in [6, 6.07) is 13.0. The van der Waals surface area contributed by atoms with Crippen molar-refractivity contribution < 1.29 is 31.5 Å². The number of hydrogen-bond acceptors (Lipinski definition) is 12. The first-order valence-corrected chi connectivity index (χ1v) is 21.1. The number of fused-ring (bicyclic) bond motifs is 1. The molecule has 19 heteroatoms. The Morgan fingerprint density at radius 2 is 1.74 bits per heavy atom. The van der Waals surface area contributed by atoms with Gasteiger partial charge in [-0.05, 0) is 93.4 Å². The fourth-order valence-electron chi connectivity index (χ4n) is 8.70. The molecule has 0 bridgehead atoms. The highest BCUT2D eigenvalue weighted by Gasteiger charge is 2.34. The topological polar surface area (TPSA) is 182 Å². The number of halogens is 2. The standard InChI is InChI=1S/C39H45F2N11O5S/c1-48-34-19-26(5-7-32(34)36(47-48)52-18-12-35(53)46-39(52)54)25-8-14-49(15-9-25)24-29-3-2-13-51(29)33-20-31(6-4-27(33)21-42)58(55,56)50-16-10-28(11-17-50)45-38-43-22-30(23-44-38)57-37(40)41/h4-7,19-20,22-23,25,28-29,37H,2-3,8-18,24H2,1H3,(H,43,44,45)(H,46,53,54)/t29-/m1/s1. The number of nitrogens with one attached hydrogen (secondary N) is 2. The van der Waals surface area contributed by atoms with Crippen LogP contribution in [0.25, 0.3) is 10.9 Å². The molecule has 0 aliphatic carbocycles. The largest absolute Gasteiger partial charge is 0.432 e. The van der Waals surface area contributed by atoms with Crippen molar-refractivity contribution in [2.75, 3.05) is 60.9 Å². The second-order valence-electron chi connectivity index (χ2n) is 15.3. The summed E-state index contributed by atoms with van der Waals surface area (Å²) < 4.78 is 60.3. The molecule has 2 aromatic carbocycles. The van der Waals surface area contributed by atoms with E-state index in [9.17, 15) is 32.0 Å². The second kappa shape index (κ2) is 16.4. The quantitative estimate of drug-likeness (QED) is 0.218. The normalized spacial score (nSPS) is 20.5. The lowest BCUT2D eigenvalue weighted by atomic mass is 9.88. The fourth-order valence-corrected chi connectivity index (χ4v) is 10.2. The Morgan fingerprint density at radius 1 is 0.983 bits per heavy atom. The highest BCUT2D eigenvalue weighted by atomic mass is 32.2. The summed E-state index contributed by atoms with van der Waals surface area (Å²) in [7, 11) is -1.99. The molecule has 1 atom stereocenters. The molecule has 4 aromatic rings. The molecule has 4 aliphatic rings. The zero-order valence-corrected chi connectivity index (χ0v) is 32.9. The monoisotopic (exact) mass is 817 g/mol. The van der Waals surface area contributed by atoms with Crippen molar-refractivity contribution in [1.29, 1.82) is 5.26 Å². The molecule has 8 rings (SSSR count). The number of nitriles is 1. The van der Waals surface area contributed by atoms with Crippen molar-refractivity contribution >= 4 is 50.3 Å². The maximum atomic E-state index is 13.9. The number of carbonyl (C=O) groups is 2. The van der Waals surface area contributed by atoms with Crippen LogP contribution in [-0.4, -0.2) is 114 Å². The number of amides is 3. The molecule has 6 heterocycles. The van der Waals surface area contributed by atoms with Crippen LogP contribution in [-0.2, 0) is 21.9 Å². The number of carbonyl (C=O) groups excluding carboxylic acids is 2. The van der Waals surface area contributed by atoms with Gasteiger partial charge in [-0.15, -0.1) is 0 Å². The van der Waals surface area contributed by atoms with Crippen LogP contribution in [0.4, 0.5) is 31.0 Å². The minimum absolute atomic E-state index is 0.108. The van der Waals surface area contributed by atoms with Crippen molar-refractivity contribution in [1.82, 2.24) is 34.3 Å². The molecule has 2 aromatic heterocycles. The third-order valence-corrected chi connectivity index (χ3v) is 13.6. The van der Waals surface area contributed by atoms with Crippen LogP contribution in [0.5, 0.6) is 5.75 Å². The van der Waals surface area contributed by atoms with Crippen molar-refractivity contribution in [2.45, 2.75) is 74.5 Å². The van der Waals surface area contributed by atoms with E-state index < -0.39 is 22.7 Å². The van der Waals surface area contributed by atoms with Crippen LogP contribution >= 0.6 is 0 Å². The van der Waals surface area contributed by atoms with E-state index in [2.05, 4.69) is 58.4 Å². The minimum Gasteiger partial charge on any atom is -0.432 e. The molecule has 0 unspecified atom stereocenters. The van der Waals surface area contributed by atoms with Gasteiger partial charge in [-0.1, -0.05) is 6.07 Å². The van der Waals surface area contributed by atoms with Crippen LogP contribution in [0.2, 0.25) is 0 Å². The smallest absolute Gasteiger partial charge is 0.387 e. The Labute approximate surface area is 334 Å². The van der Waals surface area contributed by atoms with Gasteiger partial charge >= 0.3 is 12.6 Å². The predicted molar refractivity (Wildman–Crippen MR) is 210 cm³/mol. The van der Waals surface area contributed by atoms with E-state index in [1.165, 1.54) is 20.8 Å². The Kier molecular flexibility index (Phi) is 11.2. The molecular weight excluding hydrogens is 773 g/mol. The number of imide groups is 1. The highest BCUT2D eigenvalue weighted by molar-refractivity contribution is 7.89. The lowest BCUT2D eigenvalue weighted by Crippen LogP contribution is -2.49. The molecule has 0 radical (unpaired) electrons. The van der Waals surface area contributed by atoms with Crippen LogP contribution in [0.3, 0.4) is 0 Å². The number of anilines is 3. The van der Waals surface area contributed by atoms with Crippen molar-refractivity contribution in [3.05, 3.63) is 59.9 Å². The van der Waals surface area contributed by atoms with Gasteiger partial charge in [0.2, 0.25) is 21.9 Å². The van der Waals surface area contributed by atoms with Crippen LogP contribution in [0.1, 0.15) is 62.0 Å². The van der Waals surface area contributed by atoms with Gasteiger partial charge in [0.05, 0.1) is 34.1 Å². The summed E-state index contributed by atoms with van der Waals surface area (Å²) in [5.41, 5.74) is 3.25. The van der Waals surface area contributed by atoms with Crippen molar-refractivity contribution in [3.63, 3.8) is 0 Å². The Hall–Kier alpha value is -5.45. The maximum absolute atomic E-state index is 13.9. The Balaban J connectivity index is 0.884. The molecule has 16 nitrogen and oxygen atoms in total. The first kappa shape index (κ1) is 39.4. The number of ether oxygens (including phenoxy) is 1. The average molecular weight is 818 g/mol. The summed E-state index contributed by atoms with van der Waals surface area (Å²) in [5.74, 6) is 0.719. The van der Waals surface area contributed by atoms with E-state index in [1.54, 1.807) is 16.8 Å². The van der Waals surface area contributed by atoms with Gasteiger partial charge in [-0.3, -0.25) is 19.7 Å². The number of aromatic nitrogens is 4. The van der Waals surface area contributed by atoms with Crippen LogP contribution < -0.4 is 25.2 Å². The van der Waals surface area contributed by atoms with Crippen LogP contribution in [0, 0.1) is 11.3 Å². The third-order valence-electron chi connectivity index (χ3n) is 11.7. The van der Waals surface area contributed by atoms with E-state index in [0.717, 1.165) is 75.2 Å². The number of nitrogens with zero attached hydrogens (tertiary/aromatic N) is 9. The first-order valence-electron chi connectivity index (χ1n) is 19.6. The van der Waals surface area contributed by atoms with Gasteiger partial charge in [0, 0.05) is 63.7 Å². The SMILES string of the molecule is Cn1nc(N2CCC(=O)NC2=O)c2ccc(C3CCN(C[C@H]4CCCN4c4cc(S(=O)(=O)N5CCC(Nc6ncc(OC(F)F)cn6)CC5)ccc4C#N)CC3)cc21. The summed E-state index contributed by atoms with van der Waals surface area (Å²) in [6.45, 7) is 1.20. The van der Waals surface area contributed by atoms with Crippen LogP contribution in [0.15, 0.2) is 53.7 Å². The molecule has 4 aliphatic heterocycles. The lowest BCUT2D eigenvalue weighted by Gasteiger charge is -2.37. The Morgan fingerprint density at radius 3 is 2.45 bits per heavy atom. The molecular formula is C39H45F2N11O5S. The zero-order valence-electron chi connectivity index (χ0n) is 32.1. The number of aryl methyl sites for hydroxylation is 1. The summed E-state index contributed by atoms with van der Waals surface area (Å²) in [5, 5.41) is 21.1. The molecule has 58 heavy (non-hydrogen) atoms. The fraction of sp³-hybridized carbons (Fsp3) is 0.487. The van der Waals surface area contributed by atoms with E-state index in [1.807, 2.05) is 13.1 Å². The summed E-state index contributed by atoms with van der Waals surface area (Å²) in [4.78, 5) is 38.6. The summed E-state index contributed by atoms with van der Waals surface area (Å²) >= 11 is 0. The molecule has 3 amide bonds. The maximum Gasteiger partial charge on any atom is 0.387 e. The number of urea groups is 1. The highest BCUT2D eigenvalue weighted by Crippen LogP contribution is 2.36. The van der Waals surface area contributed by atoms with Crippen molar-refractivity contribution in [3.8, 4) is 11.8 Å². The van der Waals surface area contributed by atoms with Gasteiger partial charge in [-0.25, -0.2) is 23.2 Å². The second-order valence-corrected chi connectivity index (χ2v) is 17.2. The van der Waals surface area contributed by atoms with Gasteiger partial charge < -0.3 is 19.9 Å². The third kappa shape index (κ3) is 8.13. The zero-order chi connectivity index (χ0) is 40.6. The molecule has 4 saturated heterocycles. The van der Waals surface area contributed by atoms with Crippen molar-refractivity contribution in [2.24, 2.45) is 7.05 Å². The summed E-state index contributed by atoms with van der Waals surface area (Å²) in [6.07, 6.45) is 7.36. The number of benzene rings is 2. The van der Waals surface area contributed by atoms with E-state index in [-0.39, 0.29) is 54.1 Å².